The number of benzene rings is 2. The maximum atomic E-state index is 13.4. The molecule has 6 heteroatoms. The van der Waals surface area contributed by atoms with E-state index in [9.17, 15) is 14.0 Å². The SMILES string of the molecule is COn1c(C(=O)Nc2ccc(C)cc2)cc2ccc(F)cc2c1=O. The first-order chi connectivity index (χ1) is 11.5. The summed E-state index contributed by atoms with van der Waals surface area (Å²) in [6, 6.07) is 12.6. The molecule has 0 saturated heterocycles. The van der Waals surface area contributed by atoms with Crippen molar-refractivity contribution in [3.8, 4) is 0 Å². The van der Waals surface area contributed by atoms with Crippen LogP contribution < -0.4 is 15.7 Å². The van der Waals surface area contributed by atoms with Crippen LogP contribution in [0.15, 0.2) is 53.3 Å². The van der Waals surface area contributed by atoms with E-state index in [0.29, 0.717) is 11.1 Å². The van der Waals surface area contributed by atoms with Crippen molar-refractivity contribution >= 4 is 22.4 Å². The Morgan fingerprint density at radius 1 is 1.12 bits per heavy atom. The zero-order valence-corrected chi connectivity index (χ0v) is 13.2. The number of amides is 1. The number of anilines is 1. The fourth-order valence-electron chi connectivity index (χ4n) is 2.44. The first kappa shape index (κ1) is 15.7. The molecule has 0 saturated carbocycles. The van der Waals surface area contributed by atoms with Gasteiger partial charge in [0.05, 0.1) is 5.39 Å². The van der Waals surface area contributed by atoms with Crippen molar-refractivity contribution in [3.05, 3.63) is 76.0 Å². The highest BCUT2D eigenvalue weighted by Gasteiger charge is 2.17. The summed E-state index contributed by atoms with van der Waals surface area (Å²) in [7, 11) is 1.27. The summed E-state index contributed by atoms with van der Waals surface area (Å²) in [5.41, 5.74) is 1.10. The van der Waals surface area contributed by atoms with Gasteiger partial charge in [-0.05, 0) is 42.6 Å². The number of carbonyl (C=O) groups excluding carboxylic acids is 1. The van der Waals surface area contributed by atoms with Gasteiger partial charge in [-0.3, -0.25) is 9.59 Å². The molecule has 1 amide bonds. The molecule has 0 bridgehead atoms. The van der Waals surface area contributed by atoms with Crippen LogP contribution in [0.2, 0.25) is 0 Å². The van der Waals surface area contributed by atoms with Gasteiger partial charge in [0, 0.05) is 5.69 Å². The second kappa shape index (κ2) is 6.16. The van der Waals surface area contributed by atoms with Crippen LogP contribution in [0.1, 0.15) is 16.1 Å². The summed E-state index contributed by atoms with van der Waals surface area (Å²) in [5, 5.41) is 3.31. The molecule has 0 fully saturated rings. The summed E-state index contributed by atoms with van der Waals surface area (Å²) in [5.74, 6) is -1.02. The molecule has 0 atom stereocenters. The van der Waals surface area contributed by atoms with Crippen molar-refractivity contribution in [2.45, 2.75) is 6.92 Å². The molecule has 0 unspecified atom stereocenters. The summed E-state index contributed by atoms with van der Waals surface area (Å²) >= 11 is 0. The maximum Gasteiger partial charge on any atom is 0.291 e. The van der Waals surface area contributed by atoms with Crippen LogP contribution >= 0.6 is 0 Å². The summed E-state index contributed by atoms with van der Waals surface area (Å²) in [6.07, 6.45) is 0. The van der Waals surface area contributed by atoms with Crippen LogP contribution in [-0.4, -0.2) is 17.7 Å². The van der Waals surface area contributed by atoms with Gasteiger partial charge in [-0.15, -0.1) is 4.73 Å². The highest BCUT2D eigenvalue weighted by molar-refractivity contribution is 6.05. The summed E-state index contributed by atoms with van der Waals surface area (Å²) in [6.45, 7) is 1.94. The fourth-order valence-corrected chi connectivity index (χ4v) is 2.44. The number of nitrogens with zero attached hydrogens (tertiary/aromatic N) is 1. The van der Waals surface area contributed by atoms with Crippen molar-refractivity contribution in [1.82, 2.24) is 4.73 Å². The Labute approximate surface area is 137 Å². The number of rotatable bonds is 3. The minimum atomic E-state index is -0.594. The third kappa shape index (κ3) is 2.86. The van der Waals surface area contributed by atoms with Crippen LogP contribution in [0.4, 0.5) is 10.1 Å². The molecule has 1 aromatic heterocycles. The predicted molar refractivity (Wildman–Crippen MR) is 89.8 cm³/mol. The van der Waals surface area contributed by atoms with E-state index >= 15 is 0 Å². The second-order valence-electron chi connectivity index (χ2n) is 5.36. The van der Waals surface area contributed by atoms with E-state index in [0.717, 1.165) is 16.4 Å². The summed E-state index contributed by atoms with van der Waals surface area (Å²) < 4.78 is 14.2. The fraction of sp³-hybridized carbons (Fsp3) is 0.111. The van der Waals surface area contributed by atoms with E-state index in [2.05, 4.69) is 5.32 Å². The Kier molecular flexibility index (Phi) is 4.04. The Balaban J connectivity index is 2.07. The minimum absolute atomic E-state index is 0.0298. The second-order valence-corrected chi connectivity index (χ2v) is 5.36. The molecule has 122 valence electrons. The molecule has 1 N–H and O–H groups in total. The van der Waals surface area contributed by atoms with E-state index in [4.69, 9.17) is 4.84 Å². The van der Waals surface area contributed by atoms with E-state index in [-0.39, 0.29) is 11.1 Å². The normalized spacial score (nSPS) is 10.6. The Morgan fingerprint density at radius 2 is 1.83 bits per heavy atom. The van der Waals surface area contributed by atoms with Crippen LogP contribution in [0, 0.1) is 12.7 Å². The summed E-state index contributed by atoms with van der Waals surface area (Å²) in [4.78, 5) is 30.0. The lowest BCUT2D eigenvalue weighted by atomic mass is 10.1. The standard InChI is InChI=1S/C18H15FN2O3/c1-11-3-7-14(8-4-11)20-17(22)16-9-12-5-6-13(19)10-15(12)18(23)21(16)24-2/h3-10H,1-2H3,(H,20,22). The Hall–Kier alpha value is -3.15. The van der Waals surface area contributed by atoms with E-state index < -0.39 is 17.3 Å². The zero-order valence-electron chi connectivity index (χ0n) is 13.2. The molecule has 2 aromatic carbocycles. The van der Waals surface area contributed by atoms with Gasteiger partial charge in [0.25, 0.3) is 11.5 Å². The van der Waals surface area contributed by atoms with Gasteiger partial charge >= 0.3 is 0 Å². The predicted octanol–water partition coefficient (Wildman–Crippen LogP) is 2.76. The highest BCUT2D eigenvalue weighted by atomic mass is 19.1. The number of aryl methyl sites for hydroxylation is 1. The highest BCUT2D eigenvalue weighted by Crippen LogP contribution is 2.15. The van der Waals surface area contributed by atoms with Crippen molar-refractivity contribution in [2.24, 2.45) is 0 Å². The van der Waals surface area contributed by atoms with Gasteiger partial charge in [-0.25, -0.2) is 4.39 Å². The average molecular weight is 326 g/mol. The largest absolute Gasteiger partial charge is 0.413 e. The number of hydrogen-bond acceptors (Lipinski definition) is 3. The molecule has 0 aliphatic carbocycles. The maximum absolute atomic E-state index is 13.4. The number of halogens is 1. The number of pyridine rings is 1. The van der Waals surface area contributed by atoms with E-state index in [1.165, 1.54) is 25.3 Å². The topological polar surface area (TPSA) is 60.3 Å². The van der Waals surface area contributed by atoms with Crippen LogP contribution in [0.25, 0.3) is 10.8 Å². The smallest absolute Gasteiger partial charge is 0.291 e. The minimum Gasteiger partial charge on any atom is -0.413 e. The van der Waals surface area contributed by atoms with Crippen LogP contribution in [-0.2, 0) is 0 Å². The number of aromatic nitrogens is 1. The quantitative estimate of drug-likeness (QED) is 0.805. The monoisotopic (exact) mass is 326 g/mol. The van der Waals surface area contributed by atoms with E-state index in [1.54, 1.807) is 12.1 Å². The molecule has 0 aliphatic rings. The van der Waals surface area contributed by atoms with Crippen molar-refractivity contribution in [2.75, 3.05) is 12.4 Å². The molecule has 24 heavy (non-hydrogen) atoms. The molecule has 0 radical (unpaired) electrons. The Bertz CT molecular complexity index is 978. The molecule has 0 aliphatic heterocycles. The lowest BCUT2D eigenvalue weighted by molar-refractivity contribution is 0.0952. The van der Waals surface area contributed by atoms with Gasteiger partial charge < -0.3 is 10.2 Å². The molecule has 3 rings (SSSR count). The number of fused-ring (bicyclic) bond motifs is 1. The van der Waals surface area contributed by atoms with Gasteiger partial charge in [0.2, 0.25) is 0 Å². The third-order valence-electron chi connectivity index (χ3n) is 3.67. The zero-order chi connectivity index (χ0) is 17.3. The van der Waals surface area contributed by atoms with Gasteiger partial charge in [0.15, 0.2) is 0 Å². The van der Waals surface area contributed by atoms with Crippen LogP contribution in [0.3, 0.4) is 0 Å². The van der Waals surface area contributed by atoms with Crippen LogP contribution in [0.5, 0.6) is 0 Å². The van der Waals surface area contributed by atoms with Gasteiger partial charge in [-0.2, -0.15) is 0 Å². The molecule has 1 heterocycles. The number of nitrogens with one attached hydrogen (secondary N) is 1. The van der Waals surface area contributed by atoms with Gasteiger partial charge in [-0.1, -0.05) is 23.8 Å². The van der Waals surface area contributed by atoms with Crippen molar-refractivity contribution in [1.29, 1.82) is 0 Å². The van der Waals surface area contributed by atoms with Crippen molar-refractivity contribution in [3.63, 3.8) is 0 Å². The average Bonchev–Trinajstić information content (AvgIpc) is 2.57. The number of carbonyl (C=O) groups is 1. The van der Waals surface area contributed by atoms with Crippen molar-refractivity contribution < 1.29 is 14.0 Å². The lowest BCUT2D eigenvalue weighted by Crippen LogP contribution is -2.32. The molecular weight excluding hydrogens is 311 g/mol. The molecule has 0 spiro atoms. The third-order valence-corrected chi connectivity index (χ3v) is 3.67. The first-order valence-corrected chi connectivity index (χ1v) is 7.27. The first-order valence-electron chi connectivity index (χ1n) is 7.27. The molecular formula is C18H15FN2O3. The Morgan fingerprint density at radius 3 is 2.50 bits per heavy atom. The van der Waals surface area contributed by atoms with E-state index in [1.807, 2.05) is 19.1 Å². The molecule has 5 nitrogen and oxygen atoms in total. The lowest BCUT2D eigenvalue weighted by Gasteiger charge is -2.13. The number of hydrogen-bond donors (Lipinski definition) is 1. The molecule has 3 aromatic rings. The van der Waals surface area contributed by atoms with Gasteiger partial charge in [0.1, 0.15) is 18.6 Å².